The molecule has 5 nitrogen and oxygen atoms in total. The fourth-order valence-electron chi connectivity index (χ4n) is 3.55. The lowest BCUT2D eigenvalue weighted by atomic mass is 9.74. The first-order valence-electron chi connectivity index (χ1n) is 9.62. The van der Waals surface area contributed by atoms with Crippen LogP contribution in [0.2, 0.25) is 5.02 Å². The van der Waals surface area contributed by atoms with E-state index in [1.54, 1.807) is 14.2 Å². The summed E-state index contributed by atoms with van der Waals surface area (Å²) in [6, 6.07) is 8.18. The van der Waals surface area contributed by atoms with Crippen LogP contribution in [0.4, 0.5) is 0 Å². The number of nitrogens with zero attached hydrogens (tertiary/aromatic N) is 1. The summed E-state index contributed by atoms with van der Waals surface area (Å²) in [4.78, 5) is 4.38. The van der Waals surface area contributed by atoms with Crippen LogP contribution in [0.25, 0.3) is 0 Å². The highest BCUT2D eigenvalue weighted by Crippen LogP contribution is 2.35. The van der Waals surface area contributed by atoms with Crippen LogP contribution in [-0.2, 0) is 14.9 Å². The molecule has 0 radical (unpaired) electrons. The summed E-state index contributed by atoms with van der Waals surface area (Å²) in [5, 5.41) is 7.69. The summed E-state index contributed by atoms with van der Waals surface area (Å²) in [7, 11) is 3.55. The first-order valence-corrected chi connectivity index (χ1v) is 10.00. The average molecular weight is 396 g/mol. The third-order valence-electron chi connectivity index (χ3n) is 5.41. The van der Waals surface area contributed by atoms with E-state index < -0.39 is 0 Å². The van der Waals surface area contributed by atoms with Crippen molar-refractivity contribution in [1.29, 1.82) is 0 Å². The number of aliphatic imine (C=N–C) groups is 1. The van der Waals surface area contributed by atoms with Crippen molar-refractivity contribution in [3.63, 3.8) is 0 Å². The molecule has 0 aliphatic carbocycles. The number of benzene rings is 1. The molecular formula is C21H34ClN3O2. The van der Waals surface area contributed by atoms with Crippen molar-refractivity contribution in [2.75, 3.05) is 40.5 Å². The summed E-state index contributed by atoms with van der Waals surface area (Å²) in [5.41, 5.74) is 1.31. The SMILES string of the molecule is CN=C(NCC(OC)C(C)(C)C)NCC1(c2cccc(Cl)c2)CCOCC1. The Morgan fingerprint density at radius 3 is 2.56 bits per heavy atom. The van der Waals surface area contributed by atoms with Gasteiger partial charge in [0.1, 0.15) is 0 Å². The van der Waals surface area contributed by atoms with Gasteiger partial charge in [-0.25, -0.2) is 0 Å². The van der Waals surface area contributed by atoms with Gasteiger partial charge in [0.2, 0.25) is 0 Å². The molecule has 1 aromatic rings. The molecule has 27 heavy (non-hydrogen) atoms. The molecule has 1 saturated heterocycles. The van der Waals surface area contributed by atoms with Gasteiger partial charge in [0.25, 0.3) is 0 Å². The fourth-order valence-corrected chi connectivity index (χ4v) is 3.74. The highest BCUT2D eigenvalue weighted by Gasteiger charge is 2.35. The van der Waals surface area contributed by atoms with Crippen molar-refractivity contribution in [3.05, 3.63) is 34.9 Å². The molecule has 2 rings (SSSR count). The van der Waals surface area contributed by atoms with Crippen LogP contribution >= 0.6 is 11.6 Å². The molecule has 0 spiro atoms. The molecule has 152 valence electrons. The van der Waals surface area contributed by atoms with E-state index in [0.29, 0.717) is 6.54 Å². The number of ether oxygens (including phenoxy) is 2. The quantitative estimate of drug-likeness (QED) is 0.570. The summed E-state index contributed by atoms with van der Waals surface area (Å²) < 4.78 is 11.2. The Kier molecular flexibility index (Phi) is 7.95. The summed E-state index contributed by atoms with van der Waals surface area (Å²) in [6.07, 6.45) is 2.01. The Balaban J connectivity index is 2.05. The summed E-state index contributed by atoms with van der Waals surface area (Å²) in [5.74, 6) is 0.786. The predicted molar refractivity (Wildman–Crippen MR) is 113 cm³/mol. The van der Waals surface area contributed by atoms with Crippen LogP contribution < -0.4 is 10.6 Å². The molecule has 1 aliphatic heterocycles. The Morgan fingerprint density at radius 2 is 2.00 bits per heavy atom. The number of nitrogens with one attached hydrogen (secondary N) is 2. The molecule has 1 aliphatic rings. The maximum atomic E-state index is 6.26. The molecule has 1 unspecified atom stereocenters. The minimum absolute atomic E-state index is 0.00848. The number of guanidine groups is 1. The maximum absolute atomic E-state index is 6.26. The second-order valence-electron chi connectivity index (χ2n) is 8.30. The monoisotopic (exact) mass is 395 g/mol. The molecule has 0 saturated carbocycles. The normalized spacial score (nSPS) is 18.8. The van der Waals surface area contributed by atoms with Crippen LogP contribution in [0.3, 0.4) is 0 Å². The standard InChI is InChI=1S/C21H34ClN3O2/c1-20(2,3)18(26-5)14-24-19(23-4)25-15-21(9-11-27-12-10-21)16-7-6-8-17(22)13-16/h6-8,13,18H,9-12,14-15H2,1-5H3,(H2,23,24,25). The fraction of sp³-hybridized carbons (Fsp3) is 0.667. The summed E-state index contributed by atoms with van der Waals surface area (Å²) >= 11 is 6.26. The van der Waals surface area contributed by atoms with Crippen LogP contribution in [0.1, 0.15) is 39.2 Å². The number of hydrogen-bond donors (Lipinski definition) is 2. The van der Waals surface area contributed by atoms with Crippen molar-refractivity contribution in [3.8, 4) is 0 Å². The second kappa shape index (κ2) is 9.76. The van der Waals surface area contributed by atoms with E-state index in [9.17, 15) is 0 Å². The average Bonchev–Trinajstić information content (AvgIpc) is 2.64. The van der Waals surface area contributed by atoms with Crippen LogP contribution in [-0.4, -0.2) is 52.5 Å². The molecule has 0 aromatic heterocycles. The van der Waals surface area contributed by atoms with Crippen molar-refractivity contribution in [1.82, 2.24) is 10.6 Å². The van der Waals surface area contributed by atoms with Gasteiger partial charge in [-0.05, 0) is 36.0 Å². The van der Waals surface area contributed by atoms with Crippen molar-refractivity contribution >= 4 is 17.6 Å². The third kappa shape index (κ3) is 6.09. The molecule has 0 amide bonds. The molecular weight excluding hydrogens is 362 g/mol. The maximum Gasteiger partial charge on any atom is 0.191 e. The van der Waals surface area contributed by atoms with Gasteiger partial charge in [-0.15, -0.1) is 0 Å². The van der Waals surface area contributed by atoms with E-state index in [-0.39, 0.29) is 16.9 Å². The first kappa shape index (κ1) is 22.0. The number of rotatable bonds is 6. The highest BCUT2D eigenvalue weighted by molar-refractivity contribution is 6.30. The van der Waals surface area contributed by atoms with Gasteiger partial charge in [0.15, 0.2) is 5.96 Å². The van der Waals surface area contributed by atoms with E-state index in [1.165, 1.54) is 5.56 Å². The van der Waals surface area contributed by atoms with Gasteiger partial charge < -0.3 is 20.1 Å². The van der Waals surface area contributed by atoms with Crippen molar-refractivity contribution in [2.24, 2.45) is 10.4 Å². The van der Waals surface area contributed by atoms with Gasteiger partial charge >= 0.3 is 0 Å². The zero-order valence-corrected chi connectivity index (χ0v) is 18.0. The lowest BCUT2D eigenvalue weighted by molar-refractivity contribution is 0.0204. The largest absolute Gasteiger partial charge is 0.381 e. The lowest BCUT2D eigenvalue weighted by Gasteiger charge is -2.38. The molecule has 1 fully saturated rings. The van der Waals surface area contributed by atoms with Gasteiger partial charge in [0.05, 0.1) is 6.10 Å². The Hall–Kier alpha value is -1.30. The Bertz CT molecular complexity index is 622. The van der Waals surface area contributed by atoms with E-state index in [2.05, 4.69) is 48.5 Å². The molecule has 6 heteroatoms. The lowest BCUT2D eigenvalue weighted by Crippen LogP contribution is -2.50. The first-order chi connectivity index (χ1) is 12.8. The van der Waals surface area contributed by atoms with Gasteiger partial charge in [0, 0.05) is 50.9 Å². The van der Waals surface area contributed by atoms with E-state index in [0.717, 1.165) is 43.6 Å². The van der Waals surface area contributed by atoms with Crippen molar-refractivity contribution in [2.45, 2.75) is 45.1 Å². The number of methoxy groups -OCH3 is 1. The Labute approximate surface area is 168 Å². The minimum atomic E-state index is -0.00848. The minimum Gasteiger partial charge on any atom is -0.381 e. The van der Waals surface area contributed by atoms with Crippen molar-refractivity contribution < 1.29 is 9.47 Å². The molecule has 1 atom stereocenters. The van der Waals surface area contributed by atoms with E-state index in [1.807, 2.05) is 12.1 Å². The number of halogens is 1. The topological polar surface area (TPSA) is 54.9 Å². The van der Waals surface area contributed by atoms with Crippen LogP contribution in [0.5, 0.6) is 0 Å². The Morgan fingerprint density at radius 1 is 1.30 bits per heavy atom. The molecule has 2 N–H and O–H groups in total. The predicted octanol–water partition coefficient (Wildman–Crippen LogP) is 3.61. The summed E-state index contributed by atoms with van der Waals surface area (Å²) in [6.45, 7) is 9.53. The second-order valence-corrected chi connectivity index (χ2v) is 8.74. The smallest absolute Gasteiger partial charge is 0.191 e. The van der Waals surface area contributed by atoms with Gasteiger partial charge in [-0.2, -0.15) is 0 Å². The third-order valence-corrected chi connectivity index (χ3v) is 5.65. The zero-order chi connectivity index (χ0) is 19.9. The number of hydrogen-bond acceptors (Lipinski definition) is 3. The van der Waals surface area contributed by atoms with Crippen LogP contribution in [0, 0.1) is 5.41 Å². The molecule has 1 heterocycles. The molecule has 0 bridgehead atoms. The highest BCUT2D eigenvalue weighted by atomic mass is 35.5. The van der Waals surface area contributed by atoms with E-state index >= 15 is 0 Å². The zero-order valence-electron chi connectivity index (χ0n) is 17.3. The van der Waals surface area contributed by atoms with Gasteiger partial charge in [-0.1, -0.05) is 44.5 Å². The van der Waals surface area contributed by atoms with E-state index in [4.69, 9.17) is 21.1 Å². The van der Waals surface area contributed by atoms with Gasteiger partial charge in [-0.3, -0.25) is 4.99 Å². The van der Waals surface area contributed by atoms with Crippen LogP contribution in [0.15, 0.2) is 29.3 Å². The molecule has 1 aromatic carbocycles.